The minimum atomic E-state index is -0.507. The van der Waals surface area contributed by atoms with Gasteiger partial charge in [0.2, 0.25) is 0 Å². The van der Waals surface area contributed by atoms with Gasteiger partial charge in [0, 0.05) is 5.56 Å². The van der Waals surface area contributed by atoms with Gasteiger partial charge in [-0.3, -0.25) is 0 Å². The molecule has 0 unspecified atom stereocenters. The van der Waals surface area contributed by atoms with Crippen molar-refractivity contribution in [1.29, 1.82) is 0 Å². The van der Waals surface area contributed by atoms with E-state index in [1.54, 1.807) is 0 Å². The summed E-state index contributed by atoms with van der Waals surface area (Å²) in [4.78, 5) is 0. The van der Waals surface area contributed by atoms with Crippen LogP contribution in [-0.2, 0) is 9.31 Å². The minimum absolute atomic E-state index is 0.401. The van der Waals surface area contributed by atoms with Gasteiger partial charge in [0.15, 0.2) is 11.5 Å². The first-order valence-corrected chi connectivity index (χ1v) is 7.31. The average Bonchev–Trinajstić information content (AvgIpc) is 2.66. The highest BCUT2D eigenvalue weighted by atomic mass is 16.7. The van der Waals surface area contributed by atoms with Crippen LogP contribution < -0.4 is 15.2 Å². The van der Waals surface area contributed by atoms with Crippen LogP contribution in [-0.4, -0.2) is 31.5 Å². The Bertz CT molecular complexity index is 530. The number of nitrogens with two attached hydrogens (primary N) is 1. The first kappa shape index (κ1) is 14.7. The SMILES string of the molecule is CC1(C)OB([C@H](N)c2cccc3c2OCCO3)OC1(C)C. The van der Waals surface area contributed by atoms with Crippen molar-refractivity contribution in [2.45, 2.75) is 44.8 Å². The van der Waals surface area contributed by atoms with E-state index < -0.39 is 24.3 Å². The highest BCUT2D eigenvalue weighted by Gasteiger charge is 2.53. The van der Waals surface area contributed by atoms with Gasteiger partial charge in [0.1, 0.15) is 13.2 Å². The highest BCUT2D eigenvalue weighted by Crippen LogP contribution is 2.43. The molecule has 2 aliphatic rings. The molecule has 2 N–H and O–H groups in total. The standard InChI is InChI=1S/C15H22BNO4/c1-14(2)15(3,4)21-16(20-14)13(17)10-6-5-7-11-12(10)19-9-8-18-11/h5-7,13H,8-9,17H2,1-4H3/t13-/m1/s1. The number of para-hydroxylation sites is 1. The second-order valence-corrected chi connectivity index (χ2v) is 6.52. The number of rotatable bonds is 2. The maximum absolute atomic E-state index is 6.38. The van der Waals surface area contributed by atoms with E-state index in [4.69, 9.17) is 24.5 Å². The Morgan fingerprint density at radius 1 is 1.05 bits per heavy atom. The van der Waals surface area contributed by atoms with Gasteiger partial charge in [-0.2, -0.15) is 0 Å². The van der Waals surface area contributed by atoms with Gasteiger partial charge in [-0.1, -0.05) is 12.1 Å². The summed E-state index contributed by atoms with van der Waals surface area (Å²) >= 11 is 0. The largest absolute Gasteiger partial charge is 0.486 e. The van der Waals surface area contributed by atoms with Gasteiger partial charge in [-0.25, -0.2) is 0 Å². The van der Waals surface area contributed by atoms with Gasteiger partial charge in [-0.15, -0.1) is 0 Å². The van der Waals surface area contributed by atoms with Crippen LogP contribution >= 0.6 is 0 Å². The number of hydrogen-bond donors (Lipinski definition) is 1. The molecular weight excluding hydrogens is 269 g/mol. The van der Waals surface area contributed by atoms with E-state index in [9.17, 15) is 0 Å². The van der Waals surface area contributed by atoms with Crippen molar-refractivity contribution in [2.75, 3.05) is 13.2 Å². The quantitative estimate of drug-likeness (QED) is 0.845. The Morgan fingerprint density at radius 2 is 1.67 bits per heavy atom. The molecule has 3 rings (SSSR count). The first-order valence-electron chi connectivity index (χ1n) is 7.31. The maximum Gasteiger partial charge on any atom is 0.480 e. The molecule has 1 aromatic carbocycles. The second-order valence-electron chi connectivity index (χ2n) is 6.52. The van der Waals surface area contributed by atoms with Gasteiger partial charge in [-0.05, 0) is 33.8 Å². The lowest BCUT2D eigenvalue weighted by Gasteiger charge is -2.32. The second kappa shape index (κ2) is 4.90. The lowest BCUT2D eigenvalue weighted by Crippen LogP contribution is -2.41. The fourth-order valence-electron chi connectivity index (χ4n) is 2.54. The van der Waals surface area contributed by atoms with Crippen LogP contribution in [0.4, 0.5) is 0 Å². The van der Waals surface area contributed by atoms with Crippen molar-refractivity contribution in [1.82, 2.24) is 0 Å². The van der Waals surface area contributed by atoms with Gasteiger partial charge in [0.25, 0.3) is 0 Å². The Hall–Kier alpha value is -1.24. The molecule has 0 radical (unpaired) electrons. The summed E-state index contributed by atoms with van der Waals surface area (Å²) in [5.74, 6) is 0.999. The third kappa shape index (κ3) is 2.41. The van der Waals surface area contributed by atoms with E-state index in [1.807, 2.05) is 45.9 Å². The molecule has 0 bridgehead atoms. The lowest BCUT2D eigenvalue weighted by molar-refractivity contribution is 0.00578. The summed E-state index contributed by atoms with van der Waals surface area (Å²) in [7, 11) is -0.507. The number of hydrogen-bond acceptors (Lipinski definition) is 5. The third-order valence-corrected chi connectivity index (χ3v) is 4.52. The summed E-state index contributed by atoms with van der Waals surface area (Å²) in [6.07, 6.45) is 0. The molecule has 1 atom stereocenters. The van der Waals surface area contributed by atoms with Crippen LogP contribution in [0.3, 0.4) is 0 Å². The van der Waals surface area contributed by atoms with Crippen molar-refractivity contribution < 1.29 is 18.8 Å². The van der Waals surface area contributed by atoms with Crippen LogP contribution in [0.15, 0.2) is 18.2 Å². The molecular formula is C15H22BNO4. The predicted octanol–water partition coefficient (Wildman–Crippen LogP) is 2.09. The highest BCUT2D eigenvalue weighted by molar-refractivity contribution is 6.47. The molecule has 0 aliphatic carbocycles. The molecule has 1 fully saturated rings. The Balaban J connectivity index is 1.89. The van der Waals surface area contributed by atoms with Crippen LogP contribution in [0.5, 0.6) is 11.5 Å². The summed E-state index contributed by atoms with van der Waals surface area (Å²) in [5, 5.41) is 0. The molecule has 0 spiro atoms. The van der Waals surface area contributed by atoms with E-state index in [-0.39, 0.29) is 0 Å². The maximum atomic E-state index is 6.38. The molecule has 6 heteroatoms. The molecule has 21 heavy (non-hydrogen) atoms. The van der Waals surface area contributed by atoms with Crippen LogP contribution in [0.25, 0.3) is 0 Å². The molecule has 114 valence electrons. The molecule has 2 aliphatic heterocycles. The summed E-state index contributed by atoms with van der Waals surface area (Å²) < 4.78 is 23.4. The first-order chi connectivity index (χ1) is 9.82. The molecule has 0 saturated carbocycles. The molecule has 1 saturated heterocycles. The van der Waals surface area contributed by atoms with E-state index in [2.05, 4.69) is 0 Å². The van der Waals surface area contributed by atoms with Crippen LogP contribution in [0.1, 0.15) is 39.2 Å². The lowest BCUT2D eigenvalue weighted by atomic mass is 9.74. The van der Waals surface area contributed by atoms with E-state index >= 15 is 0 Å². The van der Waals surface area contributed by atoms with E-state index in [1.165, 1.54) is 0 Å². The summed E-state index contributed by atoms with van der Waals surface area (Å²) in [5.41, 5.74) is 6.43. The Labute approximate surface area is 125 Å². The van der Waals surface area contributed by atoms with Crippen LogP contribution in [0, 0.1) is 0 Å². The van der Waals surface area contributed by atoms with Crippen molar-refractivity contribution in [3.63, 3.8) is 0 Å². The van der Waals surface area contributed by atoms with Gasteiger partial charge < -0.3 is 24.5 Å². The topological polar surface area (TPSA) is 62.9 Å². The zero-order valence-corrected chi connectivity index (χ0v) is 13.0. The molecule has 1 aromatic rings. The van der Waals surface area contributed by atoms with Gasteiger partial charge in [0.05, 0.1) is 17.1 Å². The summed E-state index contributed by atoms with van der Waals surface area (Å²) in [6, 6.07) is 5.73. The van der Waals surface area contributed by atoms with Crippen molar-refractivity contribution >= 4 is 7.12 Å². The van der Waals surface area contributed by atoms with E-state index in [0.717, 1.165) is 11.3 Å². The predicted molar refractivity (Wildman–Crippen MR) is 80.4 cm³/mol. The smallest absolute Gasteiger partial charge is 0.480 e. The molecule has 5 nitrogen and oxygen atoms in total. The Kier molecular flexibility index (Phi) is 3.43. The van der Waals surface area contributed by atoms with Crippen molar-refractivity contribution in [2.24, 2.45) is 5.73 Å². The number of ether oxygens (including phenoxy) is 2. The molecule has 0 amide bonds. The third-order valence-electron chi connectivity index (χ3n) is 4.52. The van der Waals surface area contributed by atoms with Crippen LogP contribution in [0.2, 0.25) is 0 Å². The zero-order valence-electron chi connectivity index (χ0n) is 13.0. The summed E-state index contributed by atoms with van der Waals surface area (Å²) in [6.45, 7) is 9.14. The minimum Gasteiger partial charge on any atom is -0.486 e. The fraction of sp³-hybridized carbons (Fsp3) is 0.600. The average molecular weight is 291 g/mol. The van der Waals surface area contributed by atoms with Crippen molar-refractivity contribution in [3.05, 3.63) is 23.8 Å². The fourth-order valence-corrected chi connectivity index (χ4v) is 2.54. The normalized spacial score (nSPS) is 24.0. The number of fused-ring (bicyclic) bond motifs is 1. The molecule has 2 heterocycles. The van der Waals surface area contributed by atoms with Gasteiger partial charge >= 0.3 is 7.12 Å². The van der Waals surface area contributed by atoms with Crippen molar-refractivity contribution in [3.8, 4) is 11.5 Å². The molecule has 0 aromatic heterocycles. The Morgan fingerprint density at radius 3 is 2.33 bits per heavy atom. The number of benzene rings is 1. The zero-order chi connectivity index (χ0) is 15.3. The monoisotopic (exact) mass is 291 g/mol. The van der Waals surface area contributed by atoms with E-state index in [0.29, 0.717) is 19.0 Å².